The van der Waals surface area contributed by atoms with Crippen molar-refractivity contribution in [1.82, 2.24) is 0 Å². The van der Waals surface area contributed by atoms with Gasteiger partial charge in [-0.15, -0.1) is 0 Å². The van der Waals surface area contributed by atoms with Crippen molar-refractivity contribution in [2.24, 2.45) is 0 Å². The maximum atomic E-state index is 12.3. The third kappa shape index (κ3) is 2.85. The van der Waals surface area contributed by atoms with E-state index in [1.54, 1.807) is 24.3 Å². The van der Waals surface area contributed by atoms with Gasteiger partial charge in [-0.25, -0.2) is 4.79 Å². The number of para-hydroxylation sites is 1. The molecule has 0 aromatic heterocycles. The van der Waals surface area contributed by atoms with Crippen LogP contribution in [0, 0.1) is 6.92 Å². The van der Waals surface area contributed by atoms with Crippen molar-refractivity contribution in [3.8, 4) is 0 Å². The fourth-order valence-corrected chi connectivity index (χ4v) is 1.87. The highest BCUT2D eigenvalue weighted by molar-refractivity contribution is 6.11. The SMILES string of the molecule is COC(=O)c1ccccc1C(=O)Nc1ccccc1C. The molecule has 0 unspecified atom stereocenters. The Balaban J connectivity index is 2.31. The summed E-state index contributed by atoms with van der Waals surface area (Å²) < 4.78 is 4.68. The molecule has 102 valence electrons. The van der Waals surface area contributed by atoms with E-state index in [4.69, 9.17) is 0 Å². The smallest absolute Gasteiger partial charge is 0.338 e. The molecule has 0 radical (unpaired) electrons. The fraction of sp³-hybridized carbons (Fsp3) is 0.125. The van der Waals surface area contributed by atoms with E-state index < -0.39 is 5.97 Å². The van der Waals surface area contributed by atoms with Gasteiger partial charge in [-0.05, 0) is 30.7 Å². The number of carbonyl (C=O) groups excluding carboxylic acids is 2. The molecule has 2 aromatic rings. The van der Waals surface area contributed by atoms with Crippen molar-refractivity contribution in [2.45, 2.75) is 6.92 Å². The van der Waals surface area contributed by atoms with Crippen molar-refractivity contribution in [2.75, 3.05) is 12.4 Å². The summed E-state index contributed by atoms with van der Waals surface area (Å²) in [6.07, 6.45) is 0. The van der Waals surface area contributed by atoms with E-state index in [1.165, 1.54) is 7.11 Å². The molecule has 1 amide bonds. The number of aryl methyl sites for hydroxylation is 1. The summed E-state index contributed by atoms with van der Waals surface area (Å²) in [4.78, 5) is 23.9. The van der Waals surface area contributed by atoms with Crippen LogP contribution in [0.25, 0.3) is 0 Å². The van der Waals surface area contributed by atoms with Crippen LogP contribution in [0.4, 0.5) is 5.69 Å². The number of carbonyl (C=O) groups is 2. The van der Waals surface area contributed by atoms with Crippen LogP contribution in [0.15, 0.2) is 48.5 Å². The Kier molecular flexibility index (Phi) is 4.15. The quantitative estimate of drug-likeness (QED) is 0.871. The van der Waals surface area contributed by atoms with Crippen LogP contribution < -0.4 is 5.32 Å². The molecule has 0 bridgehead atoms. The number of benzene rings is 2. The molecule has 0 saturated carbocycles. The lowest BCUT2D eigenvalue weighted by Gasteiger charge is -2.10. The highest BCUT2D eigenvalue weighted by atomic mass is 16.5. The predicted octanol–water partition coefficient (Wildman–Crippen LogP) is 3.03. The molecule has 0 aliphatic heterocycles. The molecule has 4 nitrogen and oxygen atoms in total. The lowest BCUT2D eigenvalue weighted by Crippen LogP contribution is -2.17. The lowest BCUT2D eigenvalue weighted by molar-refractivity contribution is 0.0597. The van der Waals surface area contributed by atoms with Crippen molar-refractivity contribution in [3.05, 3.63) is 65.2 Å². The second-order valence-corrected chi connectivity index (χ2v) is 4.31. The maximum absolute atomic E-state index is 12.3. The third-order valence-corrected chi connectivity index (χ3v) is 2.97. The molecule has 0 aliphatic rings. The number of esters is 1. The summed E-state index contributed by atoms with van der Waals surface area (Å²) in [7, 11) is 1.29. The number of nitrogens with one attached hydrogen (secondary N) is 1. The van der Waals surface area contributed by atoms with E-state index in [-0.39, 0.29) is 11.5 Å². The van der Waals surface area contributed by atoms with Crippen LogP contribution in [0.3, 0.4) is 0 Å². The number of amides is 1. The van der Waals surface area contributed by atoms with Crippen LogP contribution in [-0.2, 0) is 4.74 Å². The fourth-order valence-electron chi connectivity index (χ4n) is 1.87. The highest BCUT2D eigenvalue weighted by Crippen LogP contribution is 2.17. The monoisotopic (exact) mass is 269 g/mol. The third-order valence-electron chi connectivity index (χ3n) is 2.97. The predicted molar refractivity (Wildman–Crippen MR) is 76.9 cm³/mol. The molecule has 0 fully saturated rings. The molecule has 20 heavy (non-hydrogen) atoms. The Morgan fingerprint density at radius 1 is 0.950 bits per heavy atom. The summed E-state index contributed by atoms with van der Waals surface area (Å²) in [6.45, 7) is 1.90. The Labute approximate surface area is 117 Å². The average Bonchev–Trinajstić information content (AvgIpc) is 2.48. The minimum absolute atomic E-state index is 0.251. The molecule has 2 rings (SSSR count). The summed E-state index contributed by atoms with van der Waals surface area (Å²) in [5.74, 6) is -0.860. The zero-order valence-electron chi connectivity index (χ0n) is 11.3. The zero-order chi connectivity index (χ0) is 14.5. The average molecular weight is 269 g/mol. The number of anilines is 1. The van der Waals surface area contributed by atoms with Crippen molar-refractivity contribution in [1.29, 1.82) is 0 Å². The number of ether oxygens (including phenoxy) is 1. The number of methoxy groups -OCH3 is 1. The molecule has 4 heteroatoms. The molecule has 0 spiro atoms. The van der Waals surface area contributed by atoms with Gasteiger partial charge in [-0.2, -0.15) is 0 Å². The van der Waals surface area contributed by atoms with Crippen molar-refractivity contribution < 1.29 is 14.3 Å². The first-order chi connectivity index (χ1) is 9.63. The van der Waals surface area contributed by atoms with Crippen LogP contribution in [-0.4, -0.2) is 19.0 Å². The van der Waals surface area contributed by atoms with Crippen LogP contribution in [0.5, 0.6) is 0 Å². The van der Waals surface area contributed by atoms with E-state index >= 15 is 0 Å². The largest absolute Gasteiger partial charge is 0.465 e. The van der Waals surface area contributed by atoms with E-state index in [1.807, 2.05) is 31.2 Å². The minimum Gasteiger partial charge on any atom is -0.465 e. The second-order valence-electron chi connectivity index (χ2n) is 4.31. The van der Waals surface area contributed by atoms with Gasteiger partial charge in [0.25, 0.3) is 5.91 Å². The van der Waals surface area contributed by atoms with Crippen molar-refractivity contribution >= 4 is 17.6 Å². The Hall–Kier alpha value is -2.62. The summed E-state index contributed by atoms with van der Waals surface area (Å²) in [5, 5.41) is 2.80. The van der Waals surface area contributed by atoms with Gasteiger partial charge in [0.1, 0.15) is 0 Å². The van der Waals surface area contributed by atoms with Gasteiger partial charge in [0, 0.05) is 5.69 Å². The van der Waals surface area contributed by atoms with Crippen LogP contribution in [0.2, 0.25) is 0 Å². The molecule has 2 aromatic carbocycles. The van der Waals surface area contributed by atoms with Gasteiger partial charge in [0.15, 0.2) is 0 Å². The minimum atomic E-state index is -0.527. The number of hydrogen-bond acceptors (Lipinski definition) is 3. The zero-order valence-corrected chi connectivity index (χ0v) is 11.3. The standard InChI is InChI=1S/C16H15NO3/c1-11-7-3-6-10-14(11)17-15(18)12-8-4-5-9-13(12)16(19)20-2/h3-10H,1-2H3,(H,17,18). The first-order valence-electron chi connectivity index (χ1n) is 6.18. The number of rotatable bonds is 3. The second kappa shape index (κ2) is 6.02. The molecule has 0 aliphatic carbocycles. The molecule has 0 heterocycles. The van der Waals surface area contributed by atoms with E-state index in [0.717, 1.165) is 11.3 Å². The van der Waals surface area contributed by atoms with E-state index in [0.29, 0.717) is 5.56 Å². The molecular formula is C16H15NO3. The molecular weight excluding hydrogens is 254 g/mol. The number of hydrogen-bond donors (Lipinski definition) is 1. The first-order valence-corrected chi connectivity index (χ1v) is 6.18. The van der Waals surface area contributed by atoms with Gasteiger partial charge in [0.05, 0.1) is 18.2 Å². The normalized spacial score (nSPS) is 9.90. The maximum Gasteiger partial charge on any atom is 0.338 e. The molecule has 1 N–H and O–H groups in total. The van der Waals surface area contributed by atoms with Gasteiger partial charge < -0.3 is 10.1 Å². The Bertz CT molecular complexity index is 650. The Morgan fingerprint density at radius 2 is 1.55 bits per heavy atom. The summed E-state index contributed by atoms with van der Waals surface area (Å²) in [5.41, 5.74) is 2.22. The van der Waals surface area contributed by atoms with Crippen LogP contribution in [0.1, 0.15) is 26.3 Å². The first kappa shape index (κ1) is 13.8. The van der Waals surface area contributed by atoms with Gasteiger partial charge in [-0.3, -0.25) is 4.79 Å². The Morgan fingerprint density at radius 3 is 2.20 bits per heavy atom. The summed E-state index contributed by atoms with van der Waals surface area (Å²) in [6, 6.07) is 14.0. The van der Waals surface area contributed by atoms with Crippen LogP contribution >= 0.6 is 0 Å². The summed E-state index contributed by atoms with van der Waals surface area (Å²) >= 11 is 0. The molecule has 0 atom stereocenters. The van der Waals surface area contributed by atoms with Gasteiger partial charge in [-0.1, -0.05) is 30.3 Å². The highest BCUT2D eigenvalue weighted by Gasteiger charge is 2.17. The molecule has 0 saturated heterocycles. The lowest BCUT2D eigenvalue weighted by atomic mass is 10.1. The van der Waals surface area contributed by atoms with E-state index in [2.05, 4.69) is 10.1 Å². The van der Waals surface area contributed by atoms with Gasteiger partial charge >= 0.3 is 5.97 Å². The van der Waals surface area contributed by atoms with Crippen molar-refractivity contribution in [3.63, 3.8) is 0 Å². The van der Waals surface area contributed by atoms with E-state index in [9.17, 15) is 9.59 Å². The van der Waals surface area contributed by atoms with Gasteiger partial charge in [0.2, 0.25) is 0 Å². The topological polar surface area (TPSA) is 55.4 Å².